The molecule has 1 fully saturated rings. The molecule has 2 aliphatic rings. The van der Waals surface area contributed by atoms with Crippen molar-refractivity contribution in [1.82, 2.24) is 14.9 Å². The molecule has 0 spiro atoms. The number of carbonyl (C=O) groups excluding carboxylic acids is 1. The first kappa shape index (κ1) is 27.9. The highest BCUT2D eigenvalue weighted by molar-refractivity contribution is 5.94. The Morgan fingerprint density at radius 3 is 2.20 bits per heavy atom. The van der Waals surface area contributed by atoms with E-state index in [9.17, 15) is 31.1 Å². The quantitative estimate of drug-likeness (QED) is 0.324. The minimum Gasteiger partial charge on any atom is -0.339 e. The number of aromatic nitrogens is 1. The highest BCUT2D eigenvalue weighted by Gasteiger charge is 2.39. The summed E-state index contributed by atoms with van der Waals surface area (Å²) < 4.78 is 78.4. The summed E-state index contributed by atoms with van der Waals surface area (Å²) in [5.41, 5.74) is 3.12. The summed E-state index contributed by atoms with van der Waals surface area (Å²) in [4.78, 5) is 18.3. The van der Waals surface area contributed by atoms with E-state index in [0.717, 1.165) is 23.4 Å². The van der Waals surface area contributed by atoms with Crippen LogP contribution in [0.3, 0.4) is 0 Å². The van der Waals surface area contributed by atoms with Gasteiger partial charge in [-0.2, -0.15) is 26.3 Å². The van der Waals surface area contributed by atoms with Crippen LogP contribution >= 0.6 is 0 Å². The van der Waals surface area contributed by atoms with Gasteiger partial charge in [-0.3, -0.25) is 14.8 Å². The van der Waals surface area contributed by atoms with Crippen LogP contribution in [0.25, 0.3) is 11.1 Å². The first-order chi connectivity index (χ1) is 18.9. The maximum absolute atomic E-state index is 13.4. The van der Waals surface area contributed by atoms with Gasteiger partial charge in [-0.1, -0.05) is 30.3 Å². The van der Waals surface area contributed by atoms with Gasteiger partial charge in [-0.25, -0.2) is 5.01 Å². The van der Waals surface area contributed by atoms with Crippen LogP contribution < -0.4 is 5.01 Å². The highest BCUT2D eigenvalue weighted by Crippen LogP contribution is 2.37. The van der Waals surface area contributed by atoms with Crippen LogP contribution in [-0.4, -0.2) is 53.2 Å². The number of pyridine rings is 1. The van der Waals surface area contributed by atoms with E-state index in [1.54, 1.807) is 46.3 Å². The zero-order valence-corrected chi connectivity index (χ0v) is 21.8. The maximum atomic E-state index is 13.4. The summed E-state index contributed by atoms with van der Waals surface area (Å²) in [5.74, 6) is -0.0117. The number of carbonyl (C=O) groups is 1. The smallest absolute Gasteiger partial charge is 0.339 e. The Morgan fingerprint density at radius 1 is 0.925 bits per heavy atom. The molecule has 3 heterocycles. The van der Waals surface area contributed by atoms with E-state index in [1.807, 2.05) is 13.0 Å². The number of hydrogen-bond acceptors (Lipinski definition) is 4. The largest absolute Gasteiger partial charge is 0.433 e. The third-order valence-corrected chi connectivity index (χ3v) is 7.56. The van der Waals surface area contributed by atoms with Gasteiger partial charge in [0.15, 0.2) is 0 Å². The molecule has 0 unspecified atom stereocenters. The molecule has 2 aromatic carbocycles. The number of benzene rings is 2. The highest BCUT2D eigenvalue weighted by atomic mass is 19.4. The van der Waals surface area contributed by atoms with E-state index in [1.165, 1.54) is 11.1 Å². The van der Waals surface area contributed by atoms with E-state index in [4.69, 9.17) is 0 Å². The molecule has 0 bridgehead atoms. The van der Waals surface area contributed by atoms with Crippen molar-refractivity contribution in [2.24, 2.45) is 5.92 Å². The number of fused-ring (bicyclic) bond motifs is 1. The van der Waals surface area contributed by atoms with Crippen molar-refractivity contribution in [1.29, 1.82) is 0 Å². The van der Waals surface area contributed by atoms with Gasteiger partial charge < -0.3 is 4.90 Å². The van der Waals surface area contributed by atoms with E-state index >= 15 is 0 Å². The van der Waals surface area contributed by atoms with Crippen molar-refractivity contribution in [2.75, 3.05) is 31.2 Å². The molecule has 11 heteroatoms. The second-order valence-corrected chi connectivity index (χ2v) is 10.3. The number of nitrogens with zero attached hydrogens (tertiary/aromatic N) is 4. The maximum Gasteiger partial charge on any atom is 0.433 e. The lowest BCUT2D eigenvalue weighted by Crippen LogP contribution is -2.47. The van der Waals surface area contributed by atoms with Gasteiger partial charge in [0.2, 0.25) is 0 Å². The Morgan fingerprint density at radius 2 is 1.60 bits per heavy atom. The van der Waals surface area contributed by atoms with Crippen LogP contribution in [0.5, 0.6) is 0 Å². The van der Waals surface area contributed by atoms with E-state index in [2.05, 4.69) is 4.98 Å². The molecule has 0 N–H and O–H groups in total. The van der Waals surface area contributed by atoms with Gasteiger partial charge in [0.1, 0.15) is 12.2 Å². The standard InChI is InChI=1S/C29H28F6N4O/c1-19-3-2-4-25-24(19)17-38(39(25)18-28(30,31)32)16-20-11-13-37(14-12-20)27(40)22-7-5-21(6-8-22)23-9-10-26(36-15-23)29(33,34)35/h2-10,15,20H,11-14,16-18H2,1H3. The summed E-state index contributed by atoms with van der Waals surface area (Å²) in [6.45, 7) is 2.75. The van der Waals surface area contributed by atoms with Crippen LogP contribution in [0.15, 0.2) is 60.8 Å². The molecule has 0 saturated carbocycles. The second-order valence-electron chi connectivity index (χ2n) is 10.3. The van der Waals surface area contributed by atoms with Crippen molar-refractivity contribution < 1.29 is 31.1 Å². The number of amides is 1. The summed E-state index contributed by atoms with van der Waals surface area (Å²) in [5, 5.41) is 3.12. The lowest BCUT2D eigenvalue weighted by atomic mass is 9.95. The van der Waals surface area contributed by atoms with E-state index in [0.29, 0.717) is 61.4 Å². The molecular weight excluding hydrogens is 534 g/mol. The Labute approximate surface area is 228 Å². The number of hydrogen-bond donors (Lipinski definition) is 0. The monoisotopic (exact) mass is 562 g/mol. The summed E-state index contributed by atoms with van der Waals surface area (Å²) >= 11 is 0. The van der Waals surface area contributed by atoms with Gasteiger partial charge in [-0.05, 0) is 66.6 Å². The van der Waals surface area contributed by atoms with Gasteiger partial charge in [0, 0.05) is 43.5 Å². The van der Waals surface area contributed by atoms with Crippen molar-refractivity contribution >= 4 is 11.6 Å². The lowest BCUT2D eigenvalue weighted by molar-refractivity contribution is -0.141. The number of hydrazine groups is 1. The Hall–Kier alpha value is -3.60. The first-order valence-corrected chi connectivity index (χ1v) is 13.0. The average molecular weight is 563 g/mol. The molecule has 0 aliphatic carbocycles. The molecule has 2 aliphatic heterocycles. The van der Waals surface area contributed by atoms with Crippen LogP contribution in [0, 0.1) is 12.8 Å². The minimum atomic E-state index is -4.51. The van der Waals surface area contributed by atoms with Crippen LogP contribution in [0.2, 0.25) is 0 Å². The van der Waals surface area contributed by atoms with Crippen LogP contribution in [0.4, 0.5) is 32.0 Å². The van der Waals surface area contributed by atoms with Gasteiger partial charge in [-0.15, -0.1) is 0 Å². The number of likely N-dealkylation sites (tertiary alicyclic amines) is 1. The number of anilines is 1. The molecule has 1 aromatic heterocycles. The molecule has 5 nitrogen and oxygen atoms in total. The predicted molar refractivity (Wildman–Crippen MR) is 138 cm³/mol. The Balaban J connectivity index is 1.18. The molecule has 3 aromatic rings. The lowest BCUT2D eigenvalue weighted by Gasteiger charge is -2.37. The molecule has 1 amide bonds. The zero-order valence-electron chi connectivity index (χ0n) is 21.8. The third-order valence-electron chi connectivity index (χ3n) is 7.56. The van der Waals surface area contributed by atoms with Crippen LogP contribution in [-0.2, 0) is 12.7 Å². The number of halogens is 6. The Bertz CT molecular complexity index is 1350. The molecule has 0 radical (unpaired) electrons. The van der Waals surface area contributed by atoms with Gasteiger partial charge >= 0.3 is 12.4 Å². The van der Waals surface area contributed by atoms with Crippen molar-refractivity contribution in [3.8, 4) is 11.1 Å². The second kappa shape index (κ2) is 10.8. The fourth-order valence-corrected chi connectivity index (χ4v) is 5.41. The summed E-state index contributed by atoms with van der Waals surface area (Å²) in [7, 11) is 0. The van der Waals surface area contributed by atoms with E-state index in [-0.39, 0.29) is 11.8 Å². The van der Waals surface area contributed by atoms with E-state index < -0.39 is 24.6 Å². The molecular formula is C29H28F6N4O. The Kier molecular flexibility index (Phi) is 7.52. The fraction of sp³-hybridized carbons (Fsp3) is 0.379. The average Bonchev–Trinajstić information content (AvgIpc) is 3.25. The normalized spacial score (nSPS) is 16.9. The number of aryl methyl sites for hydroxylation is 1. The molecule has 1 saturated heterocycles. The number of alkyl halides is 6. The topological polar surface area (TPSA) is 39.7 Å². The molecule has 5 rings (SSSR count). The zero-order chi connectivity index (χ0) is 28.7. The first-order valence-electron chi connectivity index (χ1n) is 13.0. The SMILES string of the molecule is Cc1cccc2c1CN(CC1CCN(C(=O)c3ccc(-c4ccc(C(F)(F)F)nc4)cc3)CC1)N2CC(F)(F)F. The summed E-state index contributed by atoms with van der Waals surface area (Å²) in [6.07, 6.45) is -6.35. The predicted octanol–water partition coefficient (Wildman–Crippen LogP) is 6.73. The van der Waals surface area contributed by atoms with Gasteiger partial charge in [0.05, 0.1) is 5.69 Å². The van der Waals surface area contributed by atoms with Crippen molar-refractivity contribution in [3.63, 3.8) is 0 Å². The van der Waals surface area contributed by atoms with Gasteiger partial charge in [0.25, 0.3) is 5.91 Å². The minimum absolute atomic E-state index is 0.143. The fourth-order valence-electron chi connectivity index (χ4n) is 5.41. The summed E-state index contributed by atoms with van der Waals surface area (Å²) in [6, 6.07) is 14.3. The molecule has 212 valence electrons. The number of piperidine rings is 1. The van der Waals surface area contributed by atoms with Crippen LogP contribution in [0.1, 0.15) is 40.0 Å². The third kappa shape index (κ3) is 6.09. The number of rotatable bonds is 5. The molecule has 0 atom stereocenters. The van der Waals surface area contributed by atoms with Crippen molar-refractivity contribution in [3.05, 3.63) is 83.2 Å². The van der Waals surface area contributed by atoms with Crippen molar-refractivity contribution in [2.45, 2.75) is 38.7 Å². The molecule has 40 heavy (non-hydrogen) atoms.